The molecule has 0 radical (unpaired) electrons. The van der Waals surface area contributed by atoms with Crippen LogP contribution in [0.4, 0.5) is 0 Å². The molecule has 2 aliphatic carbocycles. The second-order valence-corrected chi connectivity index (χ2v) is 6.52. The van der Waals surface area contributed by atoms with E-state index in [1.54, 1.807) is 0 Å². The van der Waals surface area contributed by atoms with Gasteiger partial charge in [0, 0.05) is 6.42 Å². The van der Waals surface area contributed by atoms with Gasteiger partial charge >= 0.3 is 5.97 Å². The first-order valence-corrected chi connectivity index (χ1v) is 7.67. The number of carbonyl (C=O) groups excluding carboxylic acids is 1. The number of hydrogen-bond acceptors (Lipinski definition) is 3. The van der Waals surface area contributed by atoms with Gasteiger partial charge in [0.25, 0.3) is 0 Å². The van der Waals surface area contributed by atoms with Gasteiger partial charge in [-0.15, -0.1) is 0 Å². The fraction of sp³-hybridized carbons (Fsp3) is 0.867. The average molecular weight is 283 g/mol. The van der Waals surface area contributed by atoms with Gasteiger partial charge in [-0.25, -0.2) is 0 Å². The minimum atomic E-state index is -0.902. The summed E-state index contributed by atoms with van der Waals surface area (Å²) < 4.78 is 0. The zero-order valence-corrected chi connectivity index (χ0v) is 12.0. The predicted octanol–water partition coefficient (Wildman–Crippen LogP) is 1.83. The van der Waals surface area contributed by atoms with Gasteiger partial charge in [0.1, 0.15) is 0 Å². The quantitative estimate of drug-likeness (QED) is 0.672. The first-order valence-electron chi connectivity index (χ1n) is 7.67. The van der Waals surface area contributed by atoms with E-state index in [0.29, 0.717) is 12.8 Å². The summed E-state index contributed by atoms with van der Waals surface area (Å²) in [6.45, 7) is -0.0567. The van der Waals surface area contributed by atoms with Crippen molar-refractivity contribution in [2.45, 2.75) is 69.7 Å². The molecule has 0 spiro atoms. The third-order valence-corrected chi connectivity index (χ3v) is 5.03. The summed E-state index contributed by atoms with van der Waals surface area (Å²) in [4.78, 5) is 23.9. The van der Waals surface area contributed by atoms with Crippen LogP contribution in [0.5, 0.6) is 0 Å². The van der Waals surface area contributed by atoms with E-state index < -0.39 is 16.9 Å². The molecule has 0 aromatic rings. The monoisotopic (exact) mass is 283 g/mol. The molecule has 114 valence electrons. The second-order valence-electron chi connectivity index (χ2n) is 6.52. The fourth-order valence-corrected chi connectivity index (χ4v) is 3.45. The van der Waals surface area contributed by atoms with Gasteiger partial charge in [0.05, 0.1) is 17.6 Å². The largest absolute Gasteiger partial charge is 0.481 e. The van der Waals surface area contributed by atoms with E-state index in [9.17, 15) is 19.8 Å². The Kier molecular flexibility index (Phi) is 4.68. The topological polar surface area (TPSA) is 86.6 Å². The molecule has 0 aromatic heterocycles. The molecule has 0 unspecified atom stereocenters. The number of rotatable bonds is 5. The minimum Gasteiger partial charge on any atom is -0.481 e. The van der Waals surface area contributed by atoms with Gasteiger partial charge in [-0.1, -0.05) is 25.7 Å². The van der Waals surface area contributed by atoms with Gasteiger partial charge in [-0.05, 0) is 32.1 Å². The van der Waals surface area contributed by atoms with Gasteiger partial charge in [0.2, 0.25) is 5.91 Å². The van der Waals surface area contributed by atoms with Crippen LogP contribution in [0.15, 0.2) is 0 Å². The highest BCUT2D eigenvalue weighted by molar-refractivity contribution is 5.85. The average Bonchev–Trinajstić information content (AvgIpc) is 2.60. The smallest absolute Gasteiger partial charge is 0.310 e. The molecule has 2 aliphatic rings. The minimum absolute atomic E-state index is 0.0457. The zero-order chi connectivity index (χ0) is 14.6. The molecule has 1 amide bonds. The summed E-state index contributed by atoms with van der Waals surface area (Å²) in [5.74, 6) is -1.07. The van der Waals surface area contributed by atoms with Crippen molar-refractivity contribution in [2.24, 2.45) is 5.41 Å². The lowest BCUT2D eigenvalue weighted by Gasteiger charge is -2.41. The van der Waals surface area contributed by atoms with Crippen LogP contribution >= 0.6 is 0 Å². The van der Waals surface area contributed by atoms with Crippen molar-refractivity contribution in [1.82, 2.24) is 5.32 Å². The number of carboxylic acid groups (broad SMARTS) is 1. The van der Waals surface area contributed by atoms with E-state index in [1.807, 2.05) is 0 Å². The molecule has 0 heterocycles. The van der Waals surface area contributed by atoms with Crippen LogP contribution in [-0.2, 0) is 9.59 Å². The standard InChI is InChI=1S/C15H25NO4/c17-11-15(8-5-9-15)16-12(18)10-14(13(19)20)6-3-1-2-4-7-14/h17H,1-11H2,(H,16,18)(H,19,20). The Balaban J connectivity index is 2.00. The molecule has 3 N–H and O–H groups in total. The highest BCUT2D eigenvalue weighted by atomic mass is 16.4. The Labute approximate surface area is 119 Å². The molecule has 0 aliphatic heterocycles. The summed E-state index contributed by atoms with van der Waals surface area (Å²) in [6, 6.07) is 0. The first kappa shape index (κ1) is 15.3. The Bertz CT molecular complexity index is 363. The molecule has 2 fully saturated rings. The van der Waals surface area contributed by atoms with Crippen molar-refractivity contribution in [3.8, 4) is 0 Å². The molecular formula is C15H25NO4. The molecule has 0 aromatic carbocycles. The third kappa shape index (κ3) is 3.14. The van der Waals surface area contributed by atoms with E-state index in [1.165, 1.54) is 0 Å². The van der Waals surface area contributed by atoms with Crippen molar-refractivity contribution in [3.05, 3.63) is 0 Å². The number of carboxylic acids is 1. The number of amides is 1. The van der Waals surface area contributed by atoms with Gasteiger partial charge in [0.15, 0.2) is 0 Å². The van der Waals surface area contributed by atoms with Crippen molar-refractivity contribution >= 4 is 11.9 Å². The van der Waals surface area contributed by atoms with Crippen LogP contribution in [0.2, 0.25) is 0 Å². The Morgan fingerprint density at radius 3 is 1.95 bits per heavy atom. The molecule has 2 saturated carbocycles. The Morgan fingerprint density at radius 1 is 0.950 bits per heavy atom. The molecule has 20 heavy (non-hydrogen) atoms. The molecule has 0 atom stereocenters. The molecule has 0 bridgehead atoms. The van der Waals surface area contributed by atoms with Crippen molar-refractivity contribution in [3.63, 3.8) is 0 Å². The van der Waals surface area contributed by atoms with Crippen LogP contribution in [0.25, 0.3) is 0 Å². The summed E-state index contributed by atoms with van der Waals surface area (Å²) in [5.41, 5.74) is -1.39. The number of aliphatic carboxylic acids is 1. The summed E-state index contributed by atoms with van der Waals surface area (Å²) >= 11 is 0. The van der Waals surface area contributed by atoms with E-state index in [0.717, 1.165) is 44.9 Å². The lowest BCUT2D eigenvalue weighted by Crippen LogP contribution is -2.57. The number of nitrogens with one attached hydrogen (secondary N) is 1. The fourth-order valence-electron chi connectivity index (χ4n) is 3.45. The number of hydrogen-bond donors (Lipinski definition) is 3. The lowest BCUT2D eigenvalue weighted by atomic mass is 9.75. The maximum atomic E-state index is 12.2. The van der Waals surface area contributed by atoms with Crippen molar-refractivity contribution < 1.29 is 19.8 Å². The maximum Gasteiger partial charge on any atom is 0.310 e. The van der Waals surface area contributed by atoms with E-state index in [4.69, 9.17) is 0 Å². The van der Waals surface area contributed by atoms with E-state index >= 15 is 0 Å². The van der Waals surface area contributed by atoms with Crippen molar-refractivity contribution in [2.75, 3.05) is 6.61 Å². The number of aliphatic hydroxyl groups excluding tert-OH is 1. The number of carbonyl (C=O) groups is 2. The Morgan fingerprint density at radius 2 is 1.55 bits per heavy atom. The van der Waals surface area contributed by atoms with E-state index in [2.05, 4.69) is 5.32 Å². The van der Waals surface area contributed by atoms with Crippen LogP contribution in [0, 0.1) is 5.41 Å². The third-order valence-electron chi connectivity index (χ3n) is 5.03. The summed E-state index contributed by atoms with van der Waals surface area (Å²) in [7, 11) is 0. The Hall–Kier alpha value is -1.10. The van der Waals surface area contributed by atoms with E-state index in [-0.39, 0.29) is 18.9 Å². The van der Waals surface area contributed by atoms with Gasteiger partial charge < -0.3 is 15.5 Å². The molecule has 2 rings (SSSR count). The van der Waals surface area contributed by atoms with Crippen LogP contribution in [0.3, 0.4) is 0 Å². The van der Waals surface area contributed by atoms with Crippen LogP contribution < -0.4 is 5.32 Å². The first-order chi connectivity index (χ1) is 9.52. The highest BCUT2D eigenvalue weighted by Crippen LogP contribution is 2.39. The molecule has 5 nitrogen and oxygen atoms in total. The van der Waals surface area contributed by atoms with Gasteiger partial charge in [-0.2, -0.15) is 0 Å². The predicted molar refractivity (Wildman–Crippen MR) is 74.2 cm³/mol. The lowest BCUT2D eigenvalue weighted by molar-refractivity contribution is -0.153. The maximum absolute atomic E-state index is 12.2. The molecular weight excluding hydrogens is 258 g/mol. The second kappa shape index (κ2) is 6.12. The summed E-state index contributed by atoms with van der Waals surface area (Å²) in [6.07, 6.45) is 7.66. The van der Waals surface area contributed by atoms with Gasteiger partial charge in [-0.3, -0.25) is 9.59 Å². The normalized spacial score (nSPS) is 24.2. The summed E-state index contributed by atoms with van der Waals surface area (Å²) in [5, 5.41) is 21.8. The highest BCUT2D eigenvalue weighted by Gasteiger charge is 2.43. The zero-order valence-electron chi connectivity index (χ0n) is 12.0. The number of aliphatic hydroxyl groups is 1. The SMILES string of the molecule is O=C(CC1(C(=O)O)CCCCCC1)NC1(CO)CCC1. The molecule has 5 heteroatoms. The van der Waals surface area contributed by atoms with Crippen LogP contribution in [0.1, 0.15) is 64.2 Å². The molecule has 0 saturated heterocycles. The van der Waals surface area contributed by atoms with Crippen molar-refractivity contribution in [1.29, 1.82) is 0 Å². The van der Waals surface area contributed by atoms with Crippen LogP contribution in [-0.4, -0.2) is 34.2 Å².